The summed E-state index contributed by atoms with van der Waals surface area (Å²) in [5, 5.41) is 7.95. The molecule has 2 aromatic carbocycles. The van der Waals surface area contributed by atoms with Crippen LogP contribution in [-0.4, -0.2) is 15.7 Å². The highest BCUT2D eigenvalue weighted by Gasteiger charge is 2.06. The van der Waals surface area contributed by atoms with E-state index in [-0.39, 0.29) is 11.5 Å². The minimum atomic E-state index is -0.183. The van der Waals surface area contributed by atoms with Crippen LogP contribution < -0.4 is 10.9 Å². The van der Waals surface area contributed by atoms with Crippen molar-refractivity contribution in [1.29, 1.82) is 0 Å². The third-order valence-corrected chi connectivity index (χ3v) is 5.15. The van der Waals surface area contributed by atoms with E-state index in [9.17, 15) is 9.59 Å². The predicted octanol–water partition coefficient (Wildman–Crippen LogP) is 4.26. The van der Waals surface area contributed by atoms with Crippen LogP contribution in [-0.2, 0) is 17.9 Å². The maximum atomic E-state index is 12.0. The Balaban J connectivity index is 1.53. The van der Waals surface area contributed by atoms with Crippen molar-refractivity contribution in [2.24, 2.45) is 0 Å². The number of hydrogen-bond acceptors (Lipinski definition) is 3. The molecule has 1 amide bonds. The Morgan fingerprint density at radius 1 is 1.04 bits per heavy atom. The molecule has 0 spiro atoms. The summed E-state index contributed by atoms with van der Waals surface area (Å²) in [6, 6.07) is 18.5. The van der Waals surface area contributed by atoms with E-state index in [4.69, 9.17) is 11.6 Å². The van der Waals surface area contributed by atoms with Gasteiger partial charge in [-0.05, 0) is 64.9 Å². The lowest BCUT2D eigenvalue weighted by atomic mass is 10.1. The van der Waals surface area contributed by atoms with Crippen molar-refractivity contribution >= 4 is 40.1 Å². The second kappa shape index (κ2) is 9.84. The molecule has 0 fully saturated rings. The molecule has 5 nitrogen and oxygen atoms in total. The zero-order valence-corrected chi connectivity index (χ0v) is 18.0. The third-order valence-electron chi connectivity index (χ3n) is 4.18. The molecule has 0 atom stereocenters. The van der Waals surface area contributed by atoms with Crippen molar-refractivity contribution in [3.8, 4) is 11.3 Å². The molecule has 0 saturated heterocycles. The number of nitrogens with zero attached hydrogens (tertiary/aromatic N) is 2. The lowest BCUT2D eigenvalue weighted by Crippen LogP contribution is -2.25. The zero-order valence-electron chi connectivity index (χ0n) is 15.1. The number of amides is 1. The minimum absolute atomic E-state index is 0.0412. The highest BCUT2D eigenvalue weighted by atomic mass is 127. The molecule has 0 bridgehead atoms. The molecule has 1 aromatic heterocycles. The van der Waals surface area contributed by atoms with E-state index < -0.39 is 0 Å². The van der Waals surface area contributed by atoms with Crippen LogP contribution in [0, 0.1) is 3.57 Å². The lowest BCUT2D eigenvalue weighted by molar-refractivity contribution is -0.121. The van der Waals surface area contributed by atoms with Crippen molar-refractivity contribution < 1.29 is 4.79 Å². The summed E-state index contributed by atoms with van der Waals surface area (Å²) in [6.45, 7) is 0.886. The average molecular weight is 508 g/mol. The van der Waals surface area contributed by atoms with Crippen molar-refractivity contribution in [2.75, 3.05) is 0 Å². The van der Waals surface area contributed by atoms with Gasteiger partial charge >= 0.3 is 0 Å². The molecule has 0 radical (unpaired) electrons. The van der Waals surface area contributed by atoms with Gasteiger partial charge in [0, 0.05) is 39.7 Å². The summed E-state index contributed by atoms with van der Waals surface area (Å²) < 4.78 is 2.56. The fourth-order valence-electron chi connectivity index (χ4n) is 2.66. The van der Waals surface area contributed by atoms with Gasteiger partial charge in [0.05, 0.1) is 5.69 Å². The van der Waals surface area contributed by atoms with Crippen LogP contribution in [0.25, 0.3) is 11.3 Å². The van der Waals surface area contributed by atoms with Gasteiger partial charge in [0.1, 0.15) is 0 Å². The van der Waals surface area contributed by atoms with Crippen LogP contribution >= 0.6 is 34.2 Å². The summed E-state index contributed by atoms with van der Waals surface area (Å²) >= 11 is 8.16. The molecule has 0 aliphatic heterocycles. The molecule has 1 heterocycles. The minimum Gasteiger partial charge on any atom is -0.352 e. The number of carbonyl (C=O) groups is 1. The van der Waals surface area contributed by atoms with Gasteiger partial charge in [0.2, 0.25) is 5.91 Å². The third kappa shape index (κ3) is 5.90. The first-order valence-corrected chi connectivity index (χ1v) is 10.3. The largest absolute Gasteiger partial charge is 0.352 e. The fraction of sp³-hybridized carbons (Fsp3) is 0.190. The smallest absolute Gasteiger partial charge is 0.266 e. The van der Waals surface area contributed by atoms with Crippen LogP contribution in [0.5, 0.6) is 0 Å². The summed E-state index contributed by atoms with van der Waals surface area (Å²) in [7, 11) is 0. The number of rotatable bonds is 7. The predicted molar refractivity (Wildman–Crippen MR) is 119 cm³/mol. The summed E-state index contributed by atoms with van der Waals surface area (Å²) in [4.78, 5) is 24.1. The SMILES string of the molecule is O=C(CCCn1nc(-c2ccc(Cl)cc2)ccc1=O)NCc1ccc(I)cc1. The van der Waals surface area contributed by atoms with Crippen LogP contribution in [0.3, 0.4) is 0 Å². The quantitative estimate of drug-likeness (QED) is 0.486. The van der Waals surface area contributed by atoms with Gasteiger partial charge in [0.15, 0.2) is 0 Å². The number of benzene rings is 2. The fourth-order valence-corrected chi connectivity index (χ4v) is 3.15. The summed E-state index contributed by atoms with van der Waals surface area (Å²) in [5.74, 6) is -0.0412. The van der Waals surface area contributed by atoms with Crippen molar-refractivity contribution in [2.45, 2.75) is 25.9 Å². The molecule has 3 aromatic rings. The first-order valence-electron chi connectivity index (χ1n) is 8.86. The molecule has 7 heteroatoms. The Hall–Kier alpha value is -2.19. The van der Waals surface area contributed by atoms with Gasteiger partial charge in [-0.15, -0.1) is 0 Å². The van der Waals surface area contributed by atoms with E-state index >= 15 is 0 Å². The average Bonchev–Trinajstić information content (AvgIpc) is 2.70. The van der Waals surface area contributed by atoms with Gasteiger partial charge in [-0.25, -0.2) is 4.68 Å². The van der Waals surface area contributed by atoms with Crippen molar-refractivity contribution in [3.63, 3.8) is 0 Å². The Kier molecular flexibility index (Phi) is 7.22. The lowest BCUT2D eigenvalue weighted by Gasteiger charge is -2.08. The first-order chi connectivity index (χ1) is 13.5. The summed E-state index contributed by atoms with van der Waals surface area (Å²) in [5.41, 5.74) is 2.45. The second-order valence-electron chi connectivity index (χ2n) is 6.29. The monoisotopic (exact) mass is 507 g/mol. The summed E-state index contributed by atoms with van der Waals surface area (Å²) in [6.07, 6.45) is 0.874. The Bertz CT molecular complexity index is 1000. The number of carbonyl (C=O) groups excluding carboxylic acids is 1. The standard InChI is InChI=1S/C21H19ClIN3O2/c22-17-7-5-16(6-8-17)19-11-12-21(28)26(25-19)13-1-2-20(27)24-14-15-3-9-18(23)10-4-15/h3-12H,1-2,13-14H2,(H,24,27). The van der Waals surface area contributed by atoms with E-state index in [1.807, 2.05) is 36.4 Å². The van der Waals surface area contributed by atoms with Gasteiger partial charge in [0.25, 0.3) is 5.56 Å². The van der Waals surface area contributed by atoms with Gasteiger partial charge in [-0.1, -0.05) is 35.9 Å². The van der Waals surface area contributed by atoms with Crippen molar-refractivity contribution in [1.82, 2.24) is 15.1 Å². The molecule has 1 N–H and O–H groups in total. The van der Waals surface area contributed by atoms with E-state index in [0.29, 0.717) is 36.6 Å². The molecule has 144 valence electrons. The molecule has 28 heavy (non-hydrogen) atoms. The van der Waals surface area contributed by atoms with Gasteiger partial charge < -0.3 is 5.32 Å². The van der Waals surface area contributed by atoms with E-state index in [1.165, 1.54) is 10.7 Å². The van der Waals surface area contributed by atoms with E-state index in [0.717, 1.165) is 14.7 Å². The molecule has 3 rings (SSSR count). The molecule has 0 unspecified atom stereocenters. The highest BCUT2D eigenvalue weighted by Crippen LogP contribution is 2.18. The molecule has 0 aliphatic carbocycles. The van der Waals surface area contributed by atoms with E-state index in [2.05, 4.69) is 33.0 Å². The Morgan fingerprint density at radius 2 is 1.75 bits per heavy atom. The van der Waals surface area contributed by atoms with Crippen LogP contribution in [0.2, 0.25) is 5.02 Å². The highest BCUT2D eigenvalue weighted by molar-refractivity contribution is 14.1. The number of aryl methyl sites for hydroxylation is 1. The molecule has 0 aliphatic rings. The van der Waals surface area contributed by atoms with Crippen LogP contribution in [0.4, 0.5) is 0 Å². The Labute approximate surface area is 181 Å². The number of hydrogen-bond donors (Lipinski definition) is 1. The Morgan fingerprint density at radius 3 is 2.46 bits per heavy atom. The van der Waals surface area contributed by atoms with Crippen LogP contribution in [0.15, 0.2) is 65.5 Å². The number of aromatic nitrogens is 2. The maximum Gasteiger partial charge on any atom is 0.266 e. The number of halogens is 2. The van der Waals surface area contributed by atoms with Crippen LogP contribution in [0.1, 0.15) is 18.4 Å². The zero-order chi connectivity index (χ0) is 19.9. The van der Waals surface area contributed by atoms with Crippen molar-refractivity contribution in [3.05, 3.63) is 85.2 Å². The van der Waals surface area contributed by atoms with Gasteiger partial charge in [-0.2, -0.15) is 5.10 Å². The van der Waals surface area contributed by atoms with E-state index in [1.54, 1.807) is 18.2 Å². The van der Waals surface area contributed by atoms with Gasteiger partial charge in [-0.3, -0.25) is 9.59 Å². The maximum absolute atomic E-state index is 12.0. The topological polar surface area (TPSA) is 64.0 Å². The normalized spacial score (nSPS) is 10.6. The molecule has 0 saturated carbocycles. The molecular weight excluding hydrogens is 489 g/mol. The molecular formula is C21H19ClIN3O2. The second-order valence-corrected chi connectivity index (χ2v) is 7.98. The first kappa shape index (κ1) is 20.5. The number of nitrogens with one attached hydrogen (secondary N) is 1.